The van der Waals surface area contributed by atoms with E-state index in [9.17, 15) is 0 Å². The normalized spacial score (nSPS) is 17.1. The third-order valence-corrected chi connectivity index (χ3v) is 3.82. The van der Waals surface area contributed by atoms with E-state index < -0.39 is 0 Å². The number of hydrogen-bond donors (Lipinski definition) is 1. The minimum atomic E-state index is 0.738. The van der Waals surface area contributed by atoms with E-state index in [1.165, 1.54) is 44.1 Å². The van der Waals surface area contributed by atoms with E-state index in [0.717, 1.165) is 24.6 Å². The van der Waals surface area contributed by atoms with Crippen LogP contribution in [0.15, 0.2) is 24.3 Å². The highest BCUT2D eigenvalue weighted by molar-refractivity contribution is 5.31. The van der Waals surface area contributed by atoms with E-state index >= 15 is 0 Å². The van der Waals surface area contributed by atoms with Crippen LogP contribution >= 0.6 is 0 Å². The summed E-state index contributed by atoms with van der Waals surface area (Å²) in [5.74, 6) is 0.867. The molecule has 0 heterocycles. The van der Waals surface area contributed by atoms with Gasteiger partial charge in [-0.1, -0.05) is 37.8 Å². The van der Waals surface area contributed by atoms with Crippen molar-refractivity contribution in [2.75, 3.05) is 6.54 Å². The average Bonchev–Trinajstić information content (AvgIpc) is 2.68. The number of nitrogens with one attached hydrogen (secondary N) is 1. The number of nitrogens with zero attached hydrogens (tertiary/aromatic N) is 1. The quantitative estimate of drug-likeness (QED) is 0.819. The van der Waals surface area contributed by atoms with Crippen molar-refractivity contribution in [2.45, 2.75) is 45.1 Å². The molecule has 2 heteroatoms. The fourth-order valence-electron chi connectivity index (χ4n) is 2.69. The van der Waals surface area contributed by atoms with E-state index in [1.807, 2.05) is 24.3 Å². The van der Waals surface area contributed by atoms with Gasteiger partial charge in [-0.15, -0.1) is 0 Å². The summed E-state index contributed by atoms with van der Waals surface area (Å²) in [6, 6.07) is 10.0. The number of benzene rings is 1. The van der Waals surface area contributed by atoms with Crippen LogP contribution in [-0.2, 0) is 6.54 Å². The Kier molecular flexibility index (Phi) is 5.23. The molecule has 0 bridgehead atoms. The van der Waals surface area contributed by atoms with Gasteiger partial charge < -0.3 is 5.32 Å². The van der Waals surface area contributed by atoms with Gasteiger partial charge in [0.2, 0.25) is 0 Å². The van der Waals surface area contributed by atoms with Crippen molar-refractivity contribution in [1.82, 2.24) is 5.32 Å². The predicted octanol–water partition coefficient (Wildman–Crippen LogP) is 3.62. The summed E-state index contributed by atoms with van der Waals surface area (Å²) in [7, 11) is 0. The SMILES string of the molecule is N#Cc1ccc(CNCC2CCCCCC2)cc1. The highest BCUT2D eigenvalue weighted by Gasteiger charge is 2.11. The maximum atomic E-state index is 8.74. The van der Waals surface area contributed by atoms with Crippen LogP contribution in [0.5, 0.6) is 0 Å². The Hall–Kier alpha value is -1.33. The van der Waals surface area contributed by atoms with Gasteiger partial charge in [-0.3, -0.25) is 0 Å². The van der Waals surface area contributed by atoms with Gasteiger partial charge in [0.1, 0.15) is 0 Å². The van der Waals surface area contributed by atoms with Crippen molar-refractivity contribution in [3.05, 3.63) is 35.4 Å². The lowest BCUT2D eigenvalue weighted by Gasteiger charge is -2.14. The molecule has 2 rings (SSSR count). The van der Waals surface area contributed by atoms with Gasteiger partial charge in [-0.25, -0.2) is 0 Å². The molecule has 0 atom stereocenters. The maximum Gasteiger partial charge on any atom is 0.0991 e. The minimum absolute atomic E-state index is 0.738. The summed E-state index contributed by atoms with van der Waals surface area (Å²) in [6.07, 6.45) is 8.44. The van der Waals surface area contributed by atoms with Gasteiger partial charge in [0, 0.05) is 6.54 Å². The fourth-order valence-corrected chi connectivity index (χ4v) is 2.69. The third-order valence-electron chi connectivity index (χ3n) is 3.82. The van der Waals surface area contributed by atoms with Crippen molar-refractivity contribution in [2.24, 2.45) is 5.92 Å². The lowest BCUT2D eigenvalue weighted by atomic mass is 10.0. The number of rotatable bonds is 4. The summed E-state index contributed by atoms with van der Waals surface area (Å²) in [5, 5.41) is 12.3. The first-order valence-corrected chi connectivity index (χ1v) is 7.08. The molecule has 1 saturated carbocycles. The second-order valence-corrected chi connectivity index (χ2v) is 5.30. The van der Waals surface area contributed by atoms with E-state index in [2.05, 4.69) is 11.4 Å². The first-order valence-electron chi connectivity index (χ1n) is 7.08. The van der Waals surface area contributed by atoms with Crippen LogP contribution in [0.4, 0.5) is 0 Å². The topological polar surface area (TPSA) is 35.8 Å². The van der Waals surface area contributed by atoms with E-state index in [-0.39, 0.29) is 0 Å². The van der Waals surface area contributed by atoms with Gasteiger partial charge in [-0.2, -0.15) is 5.26 Å². The Labute approximate surface area is 110 Å². The Morgan fingerprint density at radius 1 is 1.06 bits per heavy atom. The molecule has 1 aromatic carbocycles. The van der Waals surface area contributed by atoms with Crippen LogP contribution < -0.4 is 5.32 Å². The van der Waals surface area contributed by atoms with Gasteiger partial charge in [0.05, 0.1) is 11.6 Å². The van der Waals surface area contributed by atoms with Crippen LogP contribution in [0.1, 0.15) is 49.7 Å². The van der Waals surface area contributed by atoms with E-state index in [4.69, 9.17) is 5.26 Å². The standard InChI is InChI=1S/C16H22N2/c17-11-14-7-9-16(10-8-14)13-18-12-15-5-3-1-2-4-6-15/h7-10,15,18H,1-6,12-13H2. The second-order valence-electron chi connectivity index (χ2n) is 5.30. The van der Waals surface area contributed by atoms with Gasteiger partial charge >= 0.3 is 0 Å². The van der Waals surface area contributed by atoms with Crippen molar-refractivity contribution < 1.29 is 0 Å². The van der Waals surface area contributed by atoms with Crippen molar-refractivity contribution in [3.8, 4) is 6.07 Å². The van der Waals surface area contributed by atoms with E-state index in [0.29, 0.717) is 0 Å². The predicted molar refractivity (Wildman–Crippen MR) is 74.1 cm³/mol. The fraction of sp³-hybridized carbons (Fsp3) is 0.562. The van der Waals surface area contributed by atoms with Crippen LogP contribution in [0, 0.1) is 17.2 Å². The van der Waals surface area contributed by atoms with Crippen LogP contribution in [0.2, 0.25) is 0 Å². The van der Waals surface area contributed by atoms with Crippen molar-refractivity contribution >= 4 is 0 Å². The molecule has 0 aromatic heterocycles. The highest BCUT2D eigenvalue weighted by Crippen LogP contribution is 2.22. The summed E-state index contributed by atoms with van der Waals surface area (Å²) < 4.78 is 0. The molecule has 1 aromatic rings. The van der Waals surface area contributed by atoms with E-state index in [1.54, 1.807) is 0 Å². The molecule has 1 N–H and O–H groups in total. The summed E-state index contributed by atoms with van der Waals surface area (Å²) in [6.45, 7) is 2.06. The molecular weight excluding hydrogens is 220 g/mol. The third kappa shape index (κ3) is 4.16. The molecule has 2 nitrogen and oxygen atoms in total. The van der Waals surface area contributed by atoms with Gasteiger partial charge in [-0.05, 0) is 43.0 Å². The van der Waals surface area contributed by atoms with Gasteiger partial charge in [0.25, 0.3) is 0 Å². The monoisotopic (exact) mass is 242 g/mol. The van der Waals surface area contributed by atoms with Crippen LogP contribution in [0.3, 0.4) is 0 Å². The lowest BCUT2D eigenvalue weighted by molar-refractivity contribution is 0.425. The summed E-state index contributed by atoms with van der Waals surface area (Å²) in [5.41, 5.74) is 2.00. The largest absolute Gasteiger partial charge is 0.312 e. The molecule has 1 fully saturated rings. The zero-order valence-electron chi connectivity index (χ0n) is 11.0. The molecule has 1 aliphatic rings. The summed E-state index contributed by atoms with van der Waals surface area (Å²) >= 11 is 0. The first-order chi connectivity index (χ1) is 8.88. The molecule has 1 aliphatic carbocycles. The maximum absolute atomic E-state index is 8.74. The van der Waals surface area contributed by atoms with Crippen molar-refractivity contribution in [3.63, 3.8) is 0 Å². The second kappa shape index (κ2) is 7.18. The Balaban J connectivity index is 1.72. The van der Waals surface area contributed by atoms with Crippen molar-refractivity contribution in [1.29, 1.82) is 5.26 Å². The molecule has 18 heavy (non-hydrogen) atoms. The highest BCUT2D eigenvalue weighted by atomic mass is 14.9. The van der Waals surface area contributed by atoms with Gasteiger partial charge in [0.15, 0.2) is 0 Å². The zero-order valence-corrected chi connectivity index (χ0v) is 11.0. The Bertz CT molecular complexity index is 381. The molecule has 0 unspecified atom stereocenters. The smallest absolute Gasteiger partial charge is 0.0991 e. The van der Waals surface area contributed by atoms with Crippen LogP contribution in [0.25, 0.3) is 0 Å². The minimum Gasteiger partial charge on any atom is -0.312 e. The molecule has 96 valence electrons. The average molecular weight is 242 g/mol. The zero-order chi connectivity index (χ0) is 12.6. The first kappa shape index (κ1) is 13.1. The molecule has 0 amide bonds. The Morgan fingerprint density at radius 3 is 2.33 bits per heavy atom. The molecule has 0 radical (unpaired) electrons. The molecule has 0 saturated heterocycles. The lowest BCUT2D eigenvalue weighted by Crippen LogP contribution is -2.22. The van der Waals surface area contributed by atoms with Crippen LogP contribution in [-0.4, -0.2) is 6.54 Å². The molecule has 0 aliphatic heterocycles. The Morgan fingerprint density at radius 2 is 1.72 bits per heavy atom. The molecular formula is C16H22N2. The molecule has 0 spiro atoms. The number of nitriles is 1. The summed E-state index contributed by atoms with van der Waals surface area (Å²) in [4.78, 5) is 0. The number of hydrogen-bond acceptors (Lipinski definition) is 2.